The van der Waals surface area contributed by atoms with Crippen molar-refractivity contribution in [1.82, 2.24) is 39.3 Å². The third-order valence-electron chi connectivity index (χ3n) is 3.50. The molecule has 4 rings (SSSR count). The number of rotatable bonds is 5. The summed E-state index contributed by atoms with van der Waals surface area (Å²) >= 11 is 1.18. The number of aromatic nitrogens is 8. The highest BCUT2D eigenvalue weighted by Gasteiger charge is 2.14. The van der Waals surface area contributed by atoms with E-state index in [0.717, 1.165) is 0 Å². The Balaban J connectivity index is 1.82. The molecule has 12 heteroatoms. The molecule has 0 saturated carbocycles. The summed E-state index contributed by atoms with van der Waals surface area (Å²) in [4.78, 5) is 25.5. The summed E-state index contributed by atoms with van der Waals surface area (Å²) in [6, 6.07) is 3.72. The number of nitrogens with one attached hydrogen (secondary N) is 1. The maximum atomic E-state index is 12.8. The second kappa shape index (κ2) is 6.54. The Morgan fingerprint density at radius 1 is 1.42 bits per heavy atom. The third kappa shape index (κ3) is 2.68. The molecule has 0 atom stereocenters. The van der Waals surface area contributed by atoms with Crippen LogP contribution >= 0.6 is 11.8 Å². The molecule has 4 heterocycles. The van der Waals surface area contributed by atoms with Crippen molar-refractivity contribution in [2.45, 2.75) is 11.8 Å². The predicted molar refractivity (Wildman–Crippen MR) is 90.9 cm³/mol. The Hall–Kier alpha value is -3.30. The molecule has 4 aromatic heterocycles. The van der Waals surface area contributed by atoms with Crippen LogP contribution in [0, 0.1) is 11.3 Å². The molecule has 26 heavy (non-hydrogen) atoms. The summed E-state index contributed by atoms with van der Waals surface area (Å²) in [5, 5.41) is 20.4. The van der Waals surface area contributed by atoms with E-state index in [1.165, 1.54) is 27.0 Å². The van der Waals surface area contributed by atoms with Crippen LogP contribution in [0.5, 0.6) is 0 Å². The number of nitriles is 1. The number of ether oxygens (including phenoxy) is 1. The van der Waals surface area contributed by atoms with Gasteiger partial charge in [-0.25, -0.2) is 10.1 Å². The standard InChI is InChI=1S/C14H11N9O2S/c1-25-7-10-17-12-16-6-8-9(23(12)21-10)2-4-22(11(8)24)13-18-14(20-19-13)26-5-3-15/h2,4,6H,5,7H2,1H3,(H,18,19,20). The van der Waals surface area contributed by atoms with Crippen LogP contribution in [0.3, 0.4) is 0 Å². The van der Waals surface area contributed by atoms with Crippen molar-refractivity contribution >= 4 is 28.4 Å². The van der Waals surface area contributed by atoms with Crippen LogP contribution in [-0.4, -0.2) is 52.2 Å². The van der Waals surface area contributed by atoms with Gasteiger partial charge in [0, 0.05) is 19.5 Å². The fourth-order valence-corrected chi connectivity index (χ4v) is 2.88. The SMILES string of the molecule is COCc1nc2ncc3c(=O)n(-c4nc(SCC#N)n[nH]4)ccc3n2n1. The second-order valence-electron chi connectivity index (χ2n) is 5.11. The average molecular weight is 369 g/mol. The number of methoxy groups -OCH3 is 1. The fraction of sp³-hybridized carbons (Fsp3) is 0.214. The highest BCUT2D eigenvalue weighted by Crippen LogP contribution is 2.14. The van der Waals surface area contributed by atoms with Gasteiger partial charge in [-0.05, 0) is 6.07 Å². The summed E-state index contributed by atoms with van der Waals surface area (Å²) < 4.78 is 7.86. The monoisotopic (exact) mass is 369 g/mol. The number of thioether (sulfide) groups is 1. The van der Waals surface area contributed by atoms with Crippen molar-refractivity contribution in [2.24, 2.45) is 0 Å². The molecule has 0 spiro atoms. The summed E-state index contributed by atoms with van der Waals surface area (Å²) in [6.45, 7) is 0.253. The smallest absolute Gasteiger partial charge is 0.268 e. The molecule has 0 saturated heterocycles. The van der Waals surface area contributed by atoms with Crippen molar-refractivity contribution in [2.75, 3.05) is 12.9 Å². The minimum Gasteiger partial charge on any atom is -0.377 e. The quantitative estimate of drug-likeness (QED) is 0.492. The number of nitrogens with zero attached hydrogens (tertiary/aromatic N) is 8. The zero-order valence-corrected chi connectivity index (χ0v) is 14.3. The van der Waals surface area contributed by atoms with Crippen LogP contribution in [0.25, 0.3) is 22.6 Å². The normalized spacial score (nSPS) is 11.2. The second-order valence-corrected chi connectivity index (χ2v) is 6.05. The number of pyridine rings is 1. The van der Waals surface area contributed by atoms with E-state index in [4.69, 9.17) is 10.00 Å². The molecule has 4 aromatic rings. The number of aromatic amines is 1. The Kier molecular flexibility index (Phi) is 4.07. The summed E-state index contributed by atoms with van der Waals surface area (Å²) in [5.74, 6) is 1.35. The van der Waals surface area contributed by atoms with Gasteiger partial charge >= 0.3 is 0 Å². The molecule has 130 valence electrons. The number of fused-ring (bicyclic) bond motifs is 3. The van der Waals surface area contributed by atoms with Crippen LogP contribution in [0.4, 0.5) is 0 Å². The molecule has 0 radical (unpaired) electrons. The van der Waals surface area contributed by atoms with E-state index in [9.17, 15) is 4.79 Å². The van der Waals surface area contributed by atoms with Gasteiger partial charge < -0.3 is 4.74 Å². The lowest BCUT2D eigenvalue weighted by Gasteiger charge is -2.03. The molecule has 0 aromatic carbocycles. The van der Waals surface area contributed by atoms with Gasteiger partial charge in [-0.3, -0.25) is 9.36 Å². The van der Waals surface area contributed by atoms with E-state index in [0.29, 0.717) is 27.7 Å². The lowest BCUT2D eigenvalue weighted by molar-refractivity contribution is 0.178. The number of hydrogen-bond acceptors (Lipinski definition) is 9. The van der Waals surface area contributed by atoms with Crippen molar-refractivity contribution in [1.29, 1.82) is 5.26 Å². The minimum atomic E-state index is -0.325. The van der Waals surface area contributed by atoms with Gasteiger partial charge in [-0.1, -0.05) is 11.8 Å². The first-order chi connectivity index (χ1) is 12.7. The molecule has 0 amide bonds. The first-order valence-electron chi connectivity index (χ1n) is 7.38. The Labute approximate surface area is 149 Å². The van der Waals surface area contributed by atoms with Crippen LogP contribution in [0.15, 0.2) is 28.4 Å². The highest BCUT2D eigenvalue weighted by molar-refractivity contribution is 7.99. The Morgan fingerprint density at radius 2 is 2.31 bits per heavy atom. The molecular weight excluding hydrogens is 358 g/mol. The Bertz CT molecular complexity index is 1200. The van der Waals surface area contributed by atoms with E-state index in [-0.39, 0.29) is 23.9 Å². The number of hydrogen-bond donors (Lipinski definition) is 1. The molecule has 0 unspecified atom stereocenters. The Morgan fingerprint density at radius 3 is 3.12 bits per heavy atom. The van der Waals surface area contributed by atoms with Gasteiger partial charge in [0.2, 0.25) is 11.1 Å². The molecule has 1 N–H and O–H groups in total. The molecule has 0 aliphatic rings. The van der Waals surface area contributed by atoms with Crippen molar-refractivity contribution in [3.8, 4) is 12.0 Å². The van der Waals surface area contributed by atoms with Crippen LogP contribution in [0.2, 0.25) is 0 Å². The van der Waals surface area contributed by atoms with Gasteiger partial charge in [0.1, 0.15) is 6.61 Å². The van der Waals surface area contributed by atoms with Gasteiger partial charge in [-0.15, -0.1) is 10.2 Å². The van der Waals surface area contributed by atoms with E-state index in [1.807, 2.05) is 6.07 Å². The summed E-state index contributed by atoms with van der Waals surface area (Å²) in [5.41, 5.74) is 0.248. The summed E-state index contributed by atoms with van der Waals surface area (Å²) in [6.07, 6.45) is 3.03. The predicted octanol–water partition coefficient (Wildman–Crippen LogP) is 0.309. The third-order valence-corrected chi connectivity index (χ3v) is 4.21. The maximum Gasteiger partial charge on any atom is 0.268 e. The van der Waals surface area contributed by atoms with E-state index in [2.05, 4.69) is 30.2 Å². The molecule has 11 nitrogen and oxygen atoms in total. The molecule has 0 fully saturated rings. The zero-order chi connectivity index (χ0) is 18.1. The van der Waals surface area contributed by atoms with E-state index >= 15 is 0 Å². The molecule has 0 bridgehead atoms. The average Bonchev–Trinajstić information content (AvgIpc) is 3.27. The van der Waals surface area contributed by atoms with Crippen LogP contribution in [0.1, 0.15) is 5.82 Å². The molecular formula is C14H11N9O2S. The van der Waals surface area contributed by atoms with Crippen LogP contribution < -0.4 is 5.56 Å². The van der Waals surface area contributed by atoms with E-state index < -0.39 is 0 Å². The first-order valence-corrected chi connectivity index (χ1v) is 8.37. The highest BCUT2D eigenvalue weighted by atomic mass is 32.2. The zero-order valence-electron chi connectivity index (χ0n) is 13.4. The van der Waals surface area contributed by atoms with Gasteiger partial charge in [-0.2, -0.15) is 19.7 Å². The van der Waals surface area contributed by atoms with Crippen molar-refractivity contribution in [3.05, 3.63) is 34.6 Å². The van der Waals surface area contributed by atoms with Gasteiger partial charge in [0.05, 0.1) is 22.7 Å². The van der Waals surface area contributed by atoms with Gasteiger partial charge in [0.25, 0.3) is 11.3 Å². The lowest BCUT2D eigenvalue weighted by atomic mass is 10.3. The van der Waals surface area contributed by atoms with Crippen molar-refractivity contribution in [3.63, 3.8) is 0 Å². The topological polar surface area (TPSA) is 140 Å². The molecule has 0 aliphatic heterocycles. The number of H-pyrrole nitrogens is 1. The van der Waals surface area contributed by atoms with Crippen LogP contribution in [-0.2, 0) is 11.3 Å². The minimum absolute atomic E-state index is 0.224. The summed E-state index contributed by atoms with van der Waals surface area (Å²) in [7, 11) is 1.55. The maximum absolute atomic E-state index is 12.8. The molecule has 0 aliphatic carbocycles. The largest absolute Gasteiger partial charge is 0.377 e. The first kappa shape index (κ1) is 16.2. The fourth-order valence-electron chi connectivity index (χ4n) is 2.43. The van der Waals surface area contributed by atoms with Gasteiger partial charge in [0.15, 0.2) is 5.82 Å². The van der Waals surface area contributed by atoms with Crippen molar-refractivity contribution < 1.29 is 4.74 Å². The van der Waals surface area contributed by atoms with E-state index in [1.54, 1.807) is 19.4 Å². The lowest BCUT2D eigenvalue weighted by Crippen LogP contribution is -2.20.